The Morgan fingerprint density at radius 1 is 1.64 bits per heavy atom. The Hall–Kier alpha value is -0.870. The zero-order valence-electron chi connectivity index (χ0n) is 8.71. The fraction of sp³-hybridized carbons (Fsp3) is 0.700. The minimum Gasteiger partial charge on any atom is -0.384 e. The van der Waals surface area contributed by atoms with Crippen molar-refractivity contribution >= 4 is 0 Å². The molecule has 0 aliphatic carbocycles. The molecule has 0 aromatic carbocycles. The van der Waals surface area contributed by atoms with Crippen LogP contribution < -0.4 is 5.32 Å². The molecule has 14 heavy (non-hydrogen) atoms. The molecule has 1 aliphatic heterocycles. The van der Waals surface area contributed by atoms with E-state index in [0.717, 1.165) is 31.1 Å². The predicted molar refractivity (Wildman–Crippen MR) is 54.1 cm³/mol. The van der Waals surface area contributed by atoms with Crippen molar-refractivity contribution in [3.8, 4) is 0 Å². The Bertz CT molecular complexity index is 297. The molecular weight excluding hydrogens is 178 g/mol. The minimum absolute atomic E-state index is 0.379. The molecule has 4 nitrogen and oxygen atoms in total. The molecule has 0 unspecified atom stereocenters. The SMILES string of the molecule is COC[C@@H]1CN[C@H](c2ncc(C)[nH]2)C1. The van der Waals surface area contributed by atoms with Crippen molar-refractivity contribution in [2.24, 2.45) is 5.92 Å². The monoisotopic (exact) mass is 195 g/mol. The van der Waals surface area contributed by atoms with Gasteiger partial charge < -0.3 is 15.0 Å². The van der Waals surface area contributed by atoms with Crippen molar-refractivity contribution < 1.29 is 4.74 Å². The molecule has 2 N–H and O–H groups in total. The lowest BCUT2D eigenvalue weighted by atomic mass is 10.1. The molecule has 4 heteroatoms. The second-order valence-corrected chi connectivity index (χ2v) is 3.97. The molecule has 0 saturated carbocycles. The fourth-order valence-corrected chi connectivity index (χ4v) is 1.99. The van der Waals surface area contributed by atoms with E-state index in [1.165, 1.54) is 0 Å². The molecule has 2 rings (SSSR count). The third-order valence-corrected chi connectivity index (χ3v) is 2.68. The molecule has 0 radical (unpaired) electrons. The average Bonchev–Trinajstić information content (AvgIpc) is 2.74. The van der Waals surface area contributed by atoms with Crippen LogP contribution in [-0.4, -0.2) is 30.2 Å². The quantitative estimate of drug-likeness (QED) is 0.757. The number of hydrogen-bond donors (Lipinski definition) is 2. The lowest BCUT2D eigenvalue weighted by Gasteiger charge is -2.07. The second-order valence-electron chi connectivity index (χ2n) is 3.97. The first kappa shape index (κ1) is 9.68. The number of methoxy groups -OCH3 is 1. The summed E-state index contributed by atoms with van der Waals surface area (Å²) in [5.74, 6) is 1.68. The number of aromatic amines is 1. The summed E-state index contributed by atoms with van der Waals surface area (Å²) >= 11 is 0. The number of aryl methyl sites for hydroxylation is 1. The van der Waals surface area contributed by atoms with Crippen LogP contribution in [0.1, 0.15) is 24.0 Å². The maximum Gasteiger partial charge on any atom is 0.123 e. The van der Waals surface area contributed by atoms with E-state index in [1.807, 2.05) is 13.1 Å². The number of aromatic nitrogens is 2. The van der Waals surface area contributed by atoms with Crippen LogP contribution in [0.25, 0.3) is 0 Å². The highest BCUT2D eigenvalue weighted by Crippen LogP contribution is 2.25. The molecular formula is C10H17N3O. The number of imidazole rings is 1. The number of H-pyrrole nitrogens is 1. The van der Waals surface area contributed by atoms with E-state index in [1.54, 1.807) is 7.11 Å². The van der Waals surface area contributed by atoms with Gasteiger partial charge in [0.15, 0.2) is 0 Å². The van der Waals surface area contributed by atoms with Crippen molar-refractivity contribution in [2.45, 2.75) is 19.4 Å². The van der Waals surface area contributed by atoms with E-state index < -0.39 is 0 Å². The first-order chi connectivity index (χ1) is 6.79. The van der Waals surface area contributed by atoms with Crippen LogP contribution in [-0.2, 0) is 4.74 Å². The highest BCUT2D eigenvalue weighted by Gasteiger charge is 2.26. The largest absolute Gasteiger partial charge is 0.384 e. The van der Waals surface area contributed by atoms with Crippen LogP contribution in [0.15, 0.2) is 6.20 Å². The summed E-state index contributed by atoms with van der Waals surface area (Å²) in [6.07, 6.45) is 2.99. The maximum atomic E-state index is 5.14. The molecule has 0 bridgehead atoms. The normalized spacial score (nSPS) is 27.0. The van der Waals surface area contributed by atoms with Gasteiger partial charge in [-0.2, -0.15) is 0 Å². The first-order valence-electron chi connectivity index (χ1n) is 5.03. The van der Waals surface area contributed by atoms with Gasteiger partial charge in [-0.3, -0.25) is 0 Å². The van der Waals surface area contributed by atoms with E-state index in [4.69, 9.17) is 4.74 Å². The third kappa shape index (κ3) is 1.96. The summed E-state index contributed by atoms with van der Waals surface area (Å²) in [5, 5.41) is 3.45. The number of ether oxygens (including phenoxy) is 1. The average molecular weight is 195 g/mol. The molecule has 0 spiro atoms. The van der Waals surface area contributed by atoms with Gasteiger partial charge in [0.2, 0.25) is 0 Å². The number of nitrogens with zero attached hydrogens (tertiary/aromatic N) is 1. The second kappa shape index (κ2) is 4.11. The van der Waals surface area contributed by atoms with Crippen molar-refractivity contribution in [1.29, 1.82) is 0 Å². The summed E-state index contributed by atoms with van der Waals surface area (Å²) in [6, 6.07) is 0.379. The summed E-state index contributed by atoms with van der Waals surface area (Å²) in [5.41, 5.74) is 1.12. The van der Waals surface area contributed by atoms with Gasteiger partial charge in [0.25, 0.3) is 0 Å². The minimum atomic E-state index is 0.379. The molecule has 2 heterocycles. The summed E-state index contributed by atoms with van der Waals surface area (Å²) in [7, 11) is 1.75. The highest BCUT2D eigenvalue weighted by atomic mass is 16.5. The summed E-state index contributed by atoms with van der Waals surface area (Å²) in [4.78, 5) is 7.60. The smallest absolute Gasteiger partial charge is 0.123 e. The Kier molecular flexibility index (Phi) is 2.84. The molecule has 1 aromatic rings. The molecule has 2 atom stereocenters. The van der Waals surface area contributed by atoms with Gasteiger partial charge in [0.1, 0.15) is 5.82 Å². The van der Waals surface area contributed by atoms with Gasteiger partial charge in [-0.05, 0) is 19.3 Å². The van der Waals surface area contributed by atoms with E-state index in [0.29, 0.717) is 12.0 Å². The highest BCUT2D eigenvalue weighted by molar-refractivity contribution is 5.05. The Balaban J connectivity index is 1.95. The van der Waals surface area contributed by atoms with Crippen molar-refractivity contribution in [3.05, 3.63) is 17.7 Å². The lowest BCUT2D eigenvalue weighted by molar-refractivity contribution is 0.159. The van der Waals surface area contributed by atoms with E-state index in [9.17, 15) is 0 Å². The Morgan fingerprint density at radius 2 is 2.50 bits per heavy atom. The molecule has 1 saturated heterocycles. The molecule has 1 aromatic heterocycles. The molecule has 1 fully saturated rings. The summed E-state index contributed by atoms with van der Waals surface area (Å²) in [6.45, 7) is 3.89. The zero-order valence-corrected chi connectivity index (χ0v) is 8.71. The third-order valence-electron chi connectivity index (χ3n) is 2.68. The molecule has 78 valence electrons. The van der Waals surface area contributed by atoms with Gasteiger partial charge in [-0.1, -0.05) is 0 Å². The van der Waals surface area contributed by atoms with Crippen LogP contribution in [0.3, 0.4) is 0 Å². The van der Waals surface area contributed by atoms with Crippen LogP contribution >= 0.6 is 0 Å². The summed E-state index contributed by atoms with van der Waals surface area (Å²) < 4.78 is 5.14. The van der Waals surface area contributed by atoms with Crippen LogP contribution in [0.2, 0.25) is 0 Å². The Morgan fingerprint density at radius 3 is 3.14 bits per heavy atom. The maximum absolute atomic E-state index is 5.14. The first-order valence-corrected chi connectivity index (χ1v) is 5.03. The Labute approximate surface area is 84.1 Å². The van der Waals surface area contributed by atoms with Gasteiger partial charge in [0, 0.05) is 25.5 Å². The zero-order chi connectivity index (χ0) is 9.97. The van der Waals surface area contributed by atoms with Crippen LogP contribution in [0.4, 0.5) is 0 Å². The van der Waals surface area contributed by atoms with Gasteiger partial charge in [0.05, 0.1) is 12.6 Å². The van der Waals surface area contributed by atoms with Crippen molar-refractivity contribution in [3.63, 3.8) is 0 Å². The molecule has 1 aliphatic rings. The van der Waals surface area contributed by atoms with Crippen molar-refractivity contribution in [1.82, 2.24) is 15.3 Å². The fourth-order valence-electron chi connectivity index (χ4n) is 1.99. The van der Waals surface area contributed by atoms with Crippen molar-refractivity contribution in [2.75, 3.05) is 20.3 Å². The van der Waals surface area contributed by atoms with Crippen LogP contribution in [0.5, 0.6) is 0 Å². The topological polar surface area (TPSA) is 49.9 Å². The number of hydrogen-bond acceptors (Lipinski definition) is 3. The van der Waals surface area contributed by atoms with Gasteiger partial charge >= 0.3 is 0 Å². The van der Waals surface area contributed by atoms with Gasteiger partial charge in [-0.15, -0.1) is 0 Å². The van der Waals surface area contributed by atoms with E-state index >= 15 is 0 Å². The van der Waals surface area contributed by atoms with E-state index in [2.05, 4.69) is 15.3 Å². The number of rotatable bonds is 3. The standard InChI is InChI=1S/C10H17N3O/c1-7-4-12-10(13-7)9-3-8(5-11-9)6-14-2/h4,8-9,11H,3,5-6H2,1-2H3,(H,12,13)/t8-,9-/m0/s1. The van der Waals surface area contributed by atoms with E-state index in [-0.39, 0.29) is 0 Å². The lowest BCUT2D eigenvalue weighted by Crippen LogP contribution is -2.15. The molecule has 0 amide bonds. The predicted octanol–water partition coefficient (Wildman–Crippen LogP) is 1.02. The number of nitrogens with one attached hydrogen (secondary N) is 2. The van der Waals surface area contributed by atoms with Crippen LogP contribution in [0, 0.1) is 12.8 Å². The van der Waals surface area contributed by atoms with Gasteiger partial charge in [-0.25, -0.2) is 4.98 Å².